The van der Waals surface area contributed by atoms with Gasteiger partial charge < -0.3 is 4.74 Å². The average molecular weight is 399 g/mol. The van der Waals surface area contributed by atoms with Gasteiger partial charge in [-0.2, -0.15) is 0 Å². The number of fused-ring (bicyclic) bond motifs is 2. The van der Waals surface area contributed by atoms with Crippen LogP contribution >= 0.6 is 0 Å². The van der Waals surface area contributed by atoms with E-state index in [9.17, 15) is 4.79 Å². The maximum absolute atomic E-state index is 12.8. The summed E-state index contributed by atoms with van der Waals surface area (Å²) in [4.78, 5) is 18.1. The predicted octanol–water partition coefficient (Wildman–Crippen LogP) is 4.17. The molecule has 2 saturated heterocycles. The molecule has 160 valence electrons. The van der Waals surface area contributed by atoms with Crippen molar-refractivity contribution in [3.05, 3.63) is 23.3 Å². The topological polar surface area (TPSA) is 32.8 Å². The fraction of sp³-hybridized carbons (Fsp3) is 0.800. The molecule has 4 heteroatoms. The van der Waals surface area contributed by atoms with Crippen LogP contribution in [0.3, 0.4) is 0 Å². The lowest BCUT2D eigenvalue weighted by molar-refractivity contribution is -0.145. The summed E-state index contributed by atoms with van der Waals surface area (Å²) in [7, 11) is 0. The van der Waals surface area contributed by atoms with E-state index in [4.69, 9.17) is 4.74 Å². The number of rotatable bonds is 3. The van der Waals surface area contributed by atoms with Crippen molar-refractivity contribution >= 4 is 5.97 Å². The van der Waals surface area contributed by atoms with E-state index in [1.807, 2.05) is 0 Å². The highest BCUT2D eigenvalue weighted by Crippen LogP contribution is 2.52. The predicted molar refractivity (Wildman–Crippen MR) is 116 cm³/mol. The quantitative estimate of drug-likeness (QED) is 0.668. The third-order valence-corrected chi connectivity index (χ3v) is 8.65. The van der Waals surface area contributed by atoms with Gasteiger partial charge in [0, 0.05) is 44.7 Å². The zero-order valence-electron chi connectivity index (χ0n) is 18.4. The van der Waals surface area contributed by atoms with E-state index < -0.39 is 0 Å². The molecule has 0 bridgehead atoms. The van der Waals surface area contributed by atoms with Crippen LogP contribution in [0.1, 0.15) is 65.2 Å². The van der Waals surface area contributed by atoms with E-state index in [-0.39, 0.29) is 29.3 Å². The molecule has 3 aliphatic carbocycles. The number of hydrogen-bond acceptors (Lipinski definition) is 4. The summed E-state index contributed by atoms with van der Waals surface area (Å²) in [6, 6.07) is 0.813. The first-order valence-corrected chi connectivity index (χ1v) is 12.1. The smallest absolute Gasteiger partial charge is 0.311 e. The molecule has 5 rings (SSSR count). The number of allylic oxidation sites excluding steroid dienone is 3. The van der Waals surface area contributed by atoms with Gasteiger partial charge in [0.15, 0.2) is 0 Å². The van der Waals surface area contributed by atoms with Gasteiger partial charge in [-0.1, -0.05) is 43.9 Å². The summed E-state index contributed by atoms with van der Waals surface area (Å²) < 4.78 is 5.95. The fourth-order valence-corrected chi connectivity index (χ4v) is 6.87. The summed E-state index contributed by atoms with van der Waals surface area (Å²) in [5.41, 5.74) is 3.12. The molecule has 2 heterocycles. The van der Waals surface area contributed by atoms with Gasteiger partial charge in [0.1, 0.15) is 6.10 Å². The Morgan fingerprint density at radius 1 is 1.14 bits per heavy atom. The molecule has 0 aromatic rings. The molecule has 0 radical (unpaired) electrons. The van der Waals surface area contributed by atoms with E-state index in [1.165, 1.54) is 62.8 Å². The van der Waals surface area contributed by atoms with Gasteiger partial charge >= 0.3 is 5.97 Å². The van der Waals surface area contributed by atoms with Crippen molar-refractivity contribution in [2.24, 2.45) is 17.3 Å². The summed E-state index contributed by atoms with van der Waals surface area (Å²) in [5.74, 6) is 0.340. The highest BCUT2D eigenvalue weighted by Gasteiger charge is 2.51. The maximum atomic E-state index is 12.8. The Morgan fingerprint density at radius 2 is 1.90 bits per heavy atom. The summed E-state index contributed by atoms with van der Waals surface area (Å²) in [6.07, 6.45) is 15.3. The Bertz CT molecular complexity index is 700. The van der Waals surface area contributed by atoms with Crippen molar-refractivity contribution in [3.63, 3.8) is 0 Å². The Kier molecular flexibility index (Phi) is 5.36. The first kappa shape index (κ1) is 19.8. The standard InChI is InChI=1S/C25H38N2O2/c1-18-7-6-10-25(2)16-23-20(15-22(18)25)21(24(28)29-23)17-26-11-13-27(14-12-26)19-8-4-3-5-9-19/h7,15,19-21,23H,3-6,8-14,16-17H2,1-2H3. The van der Waals surface area contributed by atoms with Crippen LogP contribution in [0, 0.1) is 17.3 Å². The lowest BCUT2D eigenvalue weighted by atomic mass is 9.62. The number of nitrogens with zero attached hydrogens (tertiary/aromatic N) is 2. The summed E-state index contributed by atoms with van der Waals surface area (Å²) >= 11 is 0. The van der Waals surface area contributed by atoms with Gasteiger partial charge in [-0.05, 0) is 50.0 Å². The summed E-state index contributed by atoms with van der Waals surface area (Å²) in [5, 5.41) is 0. The van der Waals surface area contributed by atoms with Crippen molar-refractivity contribution in [1.29, 1.82) is 0 Å². The van der Waals surface area contributed by atoms with Crippen molar-refractivity contribution in [2.75, 3.05) is 32.7 Å². The summed E-state index contributed by atoms with van der Waals surface area (Å²) in [6.45, 7) is 10.0. The van der Waals surface area contributed by atoms with Gasteiger partial charge in [-0.3, -0.25) is 14.6 Å². The highest BCUT2D eigenvalue weighted by molar-refractivity contribution is 5.76. The fourth-order valence-electron chi connectivity index (χ4n) is 6.87. The third-order valence-electron chi connectivity index (χ3n) is 8.65. The van der Waals surface area contributed by atoms with Crippen LogP contribution in [-0.2, 0) is 9.53 Å². The lowest BCUT2D eigenvalue weighted by Crippen LogP contribution is -2.52. The number of carbonyl (C=O) groups excluding carboxylic acids is 1. The minimum absolute atomic E-state index is 0.0213. The van der Waals surface area contributed by atoms with Gasteiger partial charge in [0.05, 0.1) is 5.92 Å². The van der Waals surface area contributed by atoms with E-state index in [1.54, 1.807) is 0 Å². The lowest BCUT2D eigenvalue weighted by Gasteiger charge is -2.43. The first-order valence-electron chi connectivity index (χ1n) is 12.1. The molecule has 29 heavy (non-hydrogen) atoms. The molecule has 4 nitrogen and oxygen atoms in total. The molecule has 0 spiro atoms. The van der Waals surface area contributed by atoms with Gasteiger partial charge in [-0.15, -0.1) is 0 Å². The van der Waals surface area contributed by atoms with Gasteiger partial charge in [0.25, 0.3) is 0 Å². The van der Waals surface area contributed by atoms with Crippen molar-refractivity contribution in [2.45, 2.75) is 77.4 Å². The molecule has 3 fully saturated rings. The molecule has 4 atom stereocenters. The van der Waals surface area contributed by atoms with E-state index in [2.05, 4.69) is 35.8 Å². The van der Waals surface area contributed by atoms with Crippen LogP contribution < -0.4 is 0 Å². The van der Waals surface area contributed by atoms with Gasteiger partial charge in [0.2, 0.25) is 0 Å². The second-order valence-corrected chi connectivity index (χ2v) is 10.6. The normalized spacial score (nSPS) is 39.4. The molecule has 0 amide bonds. The minimum Gasteiger partial charge on any atom is -0.461 e. The molecule has 4 unspecified atom stereocenters. The third kappa shape index (κ3) is 3.72. The molecule has 1 saturated carbocycles. The van der Waals surface area contributed by atoms with E-state index in [0.717, 1.165) is 38.5 Å². The molecular formula is C25H38N2O2. The van der Waals surface area contributed by atoms with Crippen LogP contribution in [0.25, 0.3) is 0 Å². The Morgan fingerprint density at radius 3 is 2.66 bits per heavy atom. The first-order chi connectivity index (χ1) is 14.0. The van der Waals surface area contributed by atoms with Crippen LogP contribution in [0.15, 0.2) is 23.3 Å². The number of hydrogen-bond donors (Lipinski definition) is 0. The molecule has 0 N–H and O–H groups in total. The van der Waals surface area contributed by atoms with Crippen molar-refractivity contribution in [1.82, 2.24) is 9.80 Å². The van der Waals surface area contributed by atoms with E-state index >= 15 is 0 Å². The average Bonchev–Trinajstić information content (AvgIpc) is 3.01. The van der Waals surface area contributed by atoms with E-state index in [0.29, 0.717) is 0 Å². The second-order valence-electron chi connectivity index (χ2n) is 10.6. The second kappa shape index (κ2) is 7.85. The van der Waals surface area contributed by atoms with Gasteiger partial charge in [-0.25, -0.2) is 0 Å². The highest BCUT2D eigenvalue weighted by atomic mass is 16.6. The minimum atomic E-state index is 0.0213. The number of carbonyl (C=O) groups is 1. The Balaban J connectivity index is 1.24. The Labute approximate surface area is 176 Å². The number of esters is 1. The SMILES string of the molecule is CC1=CCCC2(C)CC3OC(=O)C(CN4CCN(C5CCCCC5)CC4)C3C=C12. The molecule has 5 aliphatic rings. The number of piperazine rings is 1. The Hall–Kier alpha value is -1.13. The van der Waals surface area contributed by atoms with Crippen LogP contribution in [-0.4, -0.2) is 60.6 Å². The zero-order chi connectivity index (χ0) is 20.0. The number of ether oxygens (including phenoxy) is 1. The zero-order valence-corrected chi connectivity index (χ0v) is 18.4. The molecule has 0 aromatic carbocycles. The monoisotopic (exact) mass is 398 g/mol. The molecular weight excluding hydrogens is 360 g/mol. The maximum Gasteiger partial charge on any atom is 0.311 e. The van der Waals surface area contributed by atoms with Crippen molar-refractivity contribution in [3.8, 4) is 0 Å². The van der Waals surface area contributed by atoms with Crippen molar-refractivity contribution < 1.29 is 9.53 Å². The molecule has 2 aliphatic heterocycles. The van der Waals surface area contributed by atoms with Crippen LogP contribution in [0.2, 0.25) is 0 Å². The van der Waals surface area contributed by atoms with Crippen LogP contribution in [0.4, 0.5) is 0 Å². The molecule has 0 aromatic heterocycles. The van der Waals surface area contributed by atoms with Crippen LogP contribution in [0.5, 0.6) is 0 Å². The largest absolute Gasteiger partial charge is 0.461 e.